The summed E-state index contributed by atoms with van der Waals surface area (Å²) >= 11 is 0. The fraction of sp³-hybridized carbons (Fsp3) is 0.467. The summed E-state index contributed by atoms with van der Waals surface area (Å²) in [5, 5.41) is 8.91. The topological polar surface area (TPSA) is 70.2 Å². The molecule has 0 aromatic heterocycles. The molecule has 1 aliphatic rings. The first-order chi connectivity index (χ1) is 9.66. The third-order valence-corrected chi connectivity index (χ3v) is 3.58. The van der Waals surface area contributed by atoms with Crippen LogP contribution in [-0.2, 0) is 4.79 Å². The fourth-order valence-electron chi connectivity index (χ4n) is 2.34. The highest BCUT2D eigenvalue weighted by molar-refractivity contribution is 5.96. The number of piperidine rings is 1. The molecule has 0 saturated carbocycles. The van der Waals surface area contributed by atoms with Crippen LogP contribution >= 0.6 is 0 Å². The van der Waals surface area contributed by atoms with E-state index in [2.05, 4.69) is 22.9 Å². The second kappa shape index (κ2) is 7.05. The first-order valence-corrected chi connectivity index (χ1v) is 7.00. The van der Waals surface area contributed by atoms with Crippen molar-refractivity contribution in [2.45, 2.75) is 19.4 Å². The van der Waals surface area contributed by atoms with Gasteiger partial charge in [-0.25, -0.2) is 0 Å². The van der Waals surface area contributed by atoms with Gasteiger partial charge in [-0.1, -0.05) is 25.1 Å². The van der Waals surface area contributed by atoms with E-state index in [9.17, 15) is 9.59 Å². The Morgan fingerprint density at radius 2 is 2.05 bits per heavy atom. The van der Waals surface area contributed by atoms with Gasteiger partial charge in [-0.15, -0.1) is 0 Å². The van der Waals surface area contributed by atoms with Gasteiger partial charge in [-0.3, -0.25) is 9.59 Å². The molecule has 0 aliphatic carbocycles. The molecule has 20 heavy (non-hydrogen) atoms. The van der Waals surface area contributed by atoms with Crippen LogP contribution in [0.4, 0.5) is 0 Å². The molecular weight excluding hydrogens is 254 g/mol. The molecule has 5 nitrogen and oxygen atoms in total. The zero-order valence-electron chi connectivity index (χ0n) is 11.7. The predicted molar refractivity (Wildman–Crippen MR) is 77.4 cm³/mol. The van der Waals surface area contributed by atoms with E-state index in [4.69, 9.17) is 0 Å². The molecule has 2 rings (SSSR count). The average molecular weight is 275 g/mol. The van der Waals surface area contributed by atoms with Gasteiger partial charge in [0.1, 0.15) is 0 Å². The van der Waals surface area contributed by atoms with E-state index in [-0.39, 0.29) is 24.4 Å². The molecular formula is C15H21N3O2. The Hall–Kier alpha value is -1.88. The van der Waals surface area contributed by atoms with E-state index in [1.54, 1.807) is 24.3 Å². The minimum absolute atomic E-state index is 0.0182. The maximum atomic E-state index is 11.8. The Kier molecular flexibility index (Phi) is 5.12. The lowest BCUT2D eigenvalue weighted by Gasteiger charge is -2.30. The van der Waals surface area contributed by atoms with E-state index < -0.39 is 0 Å². The molecule has 0 radical (unpaired) electrons. The van der Waals surface area contributed by atoms with Crippen molar-refractivity contribution in [3.63, 3.8) is 0 Å². The molecule has 108 valence electrons. The number of amides is 2. The normalized spacial score (nSPS) is 22.1. The molecule has 1 aromatic rings. The van der Waals surface area contributed by atoms with Crippen molar-refractivity contribution >= 4 is 11.8 Å². The number of hydrogen-bond donors (Lipinski definition) is 3. The van der Waals surface area contributed by atoms with Crippen molar-refractivity contribution in [2.24, 2.45) is 5.92 Å². The summed E-state index contributed by atoms with van der Waals surface area (Å²) in [6.45, 7) is 3.97. The van der Waals surface area contributed by atoms with Gasteiger partial charge in [0, 0.05) is 11.6 Å². The molecule has 0 bridgehead atoms. The minimum Gasteiger partial charge on any atom is -0.351 e. The summed E-state index contributed by atoms with van der Waals surface area (Å²) in [6, 6.07) is 9.08. The van der Waals surface area contributed by atoms with Gasteiger partial charge >= 0.3 is 0 Å². The molecule has 0 spiro atoms. The van der Waals surface area contributed by atoms with Crippen molar-refractivity contribution in [1.29, 1.82) is 0 Å². The van der Waals surface area contributed by atoms with Gasteiger partial charge < -0.3 is 16.0 Å². The van der Waals surface area contributed by atoms with Crippen LogP contribution in [0.5, 0.6) is 0 Å². The highest BCUT2D eigenvalue weighted by Crippen LogP contribution is 2.09. The Balaban J connectivity index is 1.76. The van der Waals surface area contributed by atoms with Crippen LogP contribution in [0.2, 0.25) is 0 Å². The lowest BCUT2D eigenvalue weighted by Crippen LogP contribution is -2.50. The number of benzene rings is 1. The van der Waals surface area contributed by atoms with E-state index in [0.717, 1.165) is 19.5 Å². The zero-order chi connectivity index (χ0) is 14.4. The third-order valence-electron chi connectivity index (χ3n) is 3.58. The van der Waals surface area contributed by atoms with Gasteiger partial charge in [0.2, 0.25) is 5.91 Å². The van der Waals surface area contributed by atoms with Gasteiger partial charge in [0.25, 0.3) is 5.91 Å². The number of carbonyl (C=O) groups excluding carboxylic acids is 2. The van der Waals surface area contributed by atoms with E-state index >= 15 is 0 Å². The number of carbonyl (C=O) groups is 2. The van der Waals surface area contributed by atoms with Crippen molar-refractivity contribution in [3.8, 4) is 0 Å². The smallest absolute Gasteiger partial charge is 0.251 e. The van der Waals surface area contributed by atoms with Crippen LogP contribution in [0.15, 0.2) is 30.3 Å². The highest BCUT2D eigenvalue weighted by Gasteiger charge is 2.22. The van der Waals surface area contributed by atoms with E-state index in [1.807, 2.05) is 6.07 Å². The summed E-state index contributed by atoms with van der Waals surface area (Å²) in [6.07, 6.45) is 0.930. The van der Waals surface area contributed by atoms with Gasteiger partial charge in [0.05, 0.1) is 6.54 Å². The lowest BCUT2D eigenvalue weighted by atomic mass is 9.95. The number of rotatable bonds is 4. The van der Waals surface area contributed by atoms with Crippen molar-refractivity contribution in [3.05, 3.63) is 35.9 Å². The maximum absolute atomic E-state index is 11.8. The maximum Gasteiger partial charge on any atom is 0.251 e. The van der Waals surface area contributed by atoms with Gasteiger partial charge in [-0.2, -0.15) is 0 Å². The lowest BCUT2D eigenvalue weighted by molar-refractivity contribution is -0.121. The first-order valence-electron chi connectivity index (χ1n) is 7.00. The fourth-order valence-corrected chi connectivity index (χ4v) is 2.34. The van der Waals surface area contributed by atoms with Crippen LogP contribution in [0.25, 0.3) is 0 Å². The zero-order valence-corrected chi connectivity index (χ0v) is 11.7. The Morgan fingerprint density at radius 1 is 1.30 bits per heavy atom. The number of hydrogen-bond acceptors (Lipinski definition) is 3. The van der Waals surface area contributed by atoms with E-state index in [1.165, 1.54) is 0 Å². The van der Waals surface area contributed by atoms with Gasteiger partial charge in [-0.05, 0) is 37.6 Å². The monoisotopic (exact) mass is 275 g/mol. The Morgan fingerprint density at radius 3 is 2.75 bits per heavy atom. The quantitative estimate of drug-likeness (QED) is 0.751. The van der Waals surface area contributed by atoms with Crippen LogP contribution in [0.1, 0.15) is 23.7 Å². The van der Waals surface area contributed by atoms with Crippen molar-refractivity contribution in [1.82, 2.24) is 16.0 Å². The van der Waals surface area contributed by atoms with Crippen molar-refractivity contribution < 1.29 is 9.59 Å². The first kappa shape index (κ1) is 14.5. The second-order valence-corrected chi connectivity index (χ2v) is 5.19. The summed E-state index contributed by atoms with van der Waals surface area (Å²) < 4.78 is 0. The van der Waals surface area contributed by atoms with Crippen LogP contribution in [0, 0.1) is 5.92 Å². The molecule has 2 atom stereocenters. The molecule has 2 unspecified atom stereocenters. The standard InChI is InChI=1S/C15H21N3O2/c1-11-9-16-8-7-13(11)18-14(19)10-17-15(20)12-5-3-2-4-6-12/h2-6,11,13,16H,7-10H2,1H3,(H,17,20)(H,18,19). The molecule has 1 aromatic carbocycles. The number of nitrogens with one attached hydrogen (secondary N) is 3. The molecule has 1 heterocycles. The second-order valence-electron chi connectivity index (χ2n) is 5.19. The van der Waals surface area contributed by atoms with Gasteiger partial charge in [0.15, 0.2) is 0 Å². The molecule has 1 fully saturated rings. The molecule has 2 amide bonds. The van der Waals surface area contributed by atoms with Crippen LogP contribution in [0.3, 0.4) is 0 Å². The molecule has 1 aliphatic heterocycles. The Bertz CT molecular complexity index is 461. The van der Waals surface area contributed by atoms with Crippen LogP contribution < -0.4 is 16.0 Å². The predicted octanol–water partition coefficient (Wildman–Crippen LogP) is 0.531. The molecule has 3 N–H and O–H groups in total. The third kappa shape index (κ3) is 4.06. The summed E-state index contributed by atoms with van der Waals surface area (Å²) in [5.74, 6) is 0.0599. The Labute approximate surface area is 119 Å². The van der Waals surface area contributed by atoms with Crippen molar-refractivity contribution in [2.75, 3.05) is 19.6 Å². The summed E-state index contributed by atoms with van der Waals surface area (Å²) in [7, 11) is 0. The summed E-state index contributed by atoms with van der Waals surface area (Å²) in [5.41, 5.74) is 0.565. The average Bonchev–Trinajstić information content (AvgIpc) is 2.48. The summed E-state index contributed by atoms with van der Waals surface area (Å²) in [4.78, 5) is 23.7. The molecule has 1 saturated heterocycles. The van der Waals surface area contributed by atoms with E-state index in [0.29, 0.717) is 11.5 Å². The minimum atomic E-state index is -0.223. The highest BCUT2D eigenvalue weighted by atomic mass is 16.2. The largest absolute Gasteiger partial charge is 0.351 e. The SMILES string of the molecule is CC1CNCCC1NC(=O)CNC(=O)c1ccccc1. The van der Waals surface area contributed by atoms with Crippen LogP contribution in [-0.4, -0.2) is 37.5 Å². The molecule has 5 heteroatoms.